The van der Waals surface area contributed by atoms with E-state index >= 15 is 0 Å². The molecule has 0 radical (unpaired) electrons. The predicted octanol–water partition coefficient (Wildman–Crippen LogP) is 0.440. The number of rotatable bonds is 2. The van der Waals surface area contributed by atoms with E-state index in [0.717, 1.165) is 0 Å². The van der Waals surface area contributed by atoms with Crippen LogP contribution in [-0.2, 0) is 0 Å². The molecule has 1 unspecified atom stereocenters. The molecule has 64 valence electrons. The maximum absolute atomic E-state index is 7.62. The van der Waals surface area contributed by atoms with E-state index in [1.807, 2.05) is 6.92 Å². The molecule has 1 N–H and O–H groups in total. The van der Waals surface area contributed by atoms with Crippen LogP contribution >= 0.6 is 0 Å². The molecule has 0 spiro atoms. The van der Waals surface area contributed by atoms with E-state index in [9.17, 15) is 0 Å². The summed E-state index contributed by atoms with van der Waals surface area (Å²) >= 11 is 0. The van der Waals surface area contributed by atoms with Crippen molar-refractivity contribution in [3.8, 4) is 0 Å². The average molecular weight is 165 g/mol. The Hall–Kier alpha value is -1.52. The standard InChI is InChI=1S/C7H11N5/c1-6(3-9-2)7(8)12-5-10-4-11-12/h3-6,8H,1-2H3. The van der Waals surface area contributed by atoms with Crippen LogP contribution in [0.4, 0.5) is 0 Å². The van der Waals surface area contributed by atoms with Crippen LogP contribution in [0.5, 0.6) is 0 Å². The Morgan fingerprint density at radius 3 is 3.00 bits per heavy atom. The lowest BCUT2D eigenvalue weighted by atomic mass is 10.2. The monoisotopic (exact) mass is 165 g/mol. The van der Waals surface area contributed by atoms with Crippen LogP contribution in [0.1, 0.15) is 6.92 Å². The SMILES string of the molecule is CN=CC(C)C(=N)n1cncn1. The van der Waals surface area contributed by atoms with Gasteiger partial charge in [-0.2, -0.15) is 5.10 Å². The van der Waals surface area contributed by atoms with Gasteiger partial charge in [0.05, 0.1) is 5.92 Å². The largest absolute Gasteiger partial charge is 0.300 e. The first-order valence-electron chi connectivity index (χ1n) is 3.61. The summed E-state index contributed by atoms with van der Waals surface area (Å²) in [6.45, 7) is 1.89. The van der Waals surface area contributed by atoms with Gasteiger partial charge in [-0.1, -0.05) is 6.92 Å². The van der Waals surface area contributed by atoms with Gasteiger partial charge in [-0.3, -0.25) is 5.41 Å². The third kappa shape index (κ3) is 1.75. The molecule has 5 nitrogen and oxygen atoms in total. The Balaban J connectivity index is 2.72. The Morgan fingerprint density at radius 2 is 2.50 bits per heavy atom. The summed E-state index contributed by atoms with van der Waals surface area (Å²) in [7, 11) is 1.69. The number of aliphatic imine (C=N–C) groups is 1. The Bertz CT molecular complexity index is 274. The van der Waals surface area contributed by atoms with Crippen LogP contribution in [0.25, 0.3) is 0 Å². The first kappa shape index (κ1) is 8.58. The minimum Gasteiger partial charge on any atom is -0.300 e. The van der Waals surface area contributed by atoms with Crippen molar-refractivity contribution in [2.24, 2.45) is 10.9 Å². The third-order valence-corrected chi connectivity index (χ3v) is 1.47. The maximum Gasteiger partial charge on any atom is 0.138 e. The molecule has 1 heterocycles. The summed E-state index contributed by atoms with van der Waals surface area (Å²) in [5.74, 6) is 0.342. The minimum absolute atomic E-state index is 0.0308. The van der Waals surface area contributed by atoms with Gasteiger partial charge in [0.1, 0.15) is 18.5 Å². The first-order chi connectivity index (χ1) is 5.75. The van der Waals surface area contributed by atoms with Gasteiger partial charge >= 0.3 is 0 Å². The van der Waals surface area contributed by atoms with Gasteiger partial charge < -0.3 is 4.99 Å². The molecule has 0 saturated heterocycles. The number of aromatic nitrogens is 3. The summed E-state index contributed by atoms with van der Waals surface area (Å²) in [5.41, 5.74) is 0. The van der Waals surface area contributed by atoms with Crippen molar-refractivity contribution in [1.29, 1.82) is 5.41 Å². The smallest absolute Gasteiger partial charge is 0.138 e. The number of hydrogen-bond acceptors (Lipinski definition) is 4. The maximum atomic E-state index is 7.62. The van der Waals surface area contributed by atoms with Crippen LogP contribution in [-0.4, -0.2) is 33.9 Å². The fourth-order valence-electron chi connectivity index (χ4n) is 0.835. The highest BCUT2D eigenvalue weighted by Crippen LogP contribution is 1.94. The molecule has 5 heteroatoms. The van der Waals surface area contributed by atoms with Crippen LogP contribution in [0.3, 0.4) is 0 Å². The molecule has 1 rings (SSSR count). The Kier molecular flexibility index (Phi) is 2.68. The second-order valence-electron chi connectivity index (χ2n) is 2.42. The molecular weight excluding hydrogens is 154 g/mol. The Morgan fingerprint density at radius 1 is 1.75 bits per heavy atom. The van der Waals surface area contributed by atoms with E-state index < -0.39 is 0 Å². The van der Waals surface area contributed by atoms with Crippen LogP contribution in [0.2, 0.25) is 0 Å². The van der Waals surface area contributed by atoms with E-state index in [4.69, 9.17) is 5.41 Å². The van der Waals surface area contributed by atoms with Gasteiger partial charge in [-0.05, 0) is 0 Å². The predicted molar refractivity (Wildman–Crippen MR) is 46.7 cm³/mol. The van der Waals surface area contributed by atoms with Gasteiger partial charge in [0, 0.05) is 13.3 Å². The Labute approximate surface area is 70.7 Å². The normalized spacial score (nSPS) is 13.5. The molecule has 0 amide bonds. The van der Waals surface area contributed by atoms with Gasteiger partial charge in [-0.15, -0.1) is 0 Å². The van der Waals surface area contributed by atoms with Crippen LogP contribution in [0, 0.1) is 11.3 Å². The summed E-state index contributed by atoms with van der Waals surface area (Å²) in [6.07, 6.45) is 4.61. The molecule has 0 fully saturated rings. The summed E-state index contributed by atoms with van der Waals surface area (Å²) in [5, 5.41) is 11.5. The highest BCUT2D eigenvalue weighted by molar-refractivity contribution is 5.95. The van der Waals surface area contributed by atoms with E-state index in [-0.39, 0.29) is 5.92 Å². The van der Waals surface area contributed by atoms with Crippen molar-refractivity contribution in [1.82, 2.24) is 14.8 Å². The molecule has 0 aliphatic carbocycles. The molecular formula is C7H11N5. The fourth-order valence-corrected chi connectivity index (χ4v) is 0.835. The number of nitrogens with one attached hydrogen (secondary N) is 1. The van der Waals surface area contributed by atoms with Gasteiger partial charge in [0.25, 0.3) is 0 Å². The lowest BCUT2D eigenvalue weighted by Crippen LogP contribution is -2.20. The lowest BCUT2D eigenvalue weighted by Gasteiger charge is -2.05. The molecule has 0 aliphatic rings. The fraction of sp³-hybridized carbons (Fsp3) is 0.429. The van der Waals surface area contributed by atoms with Crippen molar-refractivity contribution in [2.45, 2.75) is 6.92 Å². The molecule has 1 atom stereocenters. The quantitative estimate of drug-likeness (QED) is 0.510. The van der Waals surface area contributed by atoms with E-state index in [2.05, 4.69) is 15.1 Å². The molecule has 0 saturated carbocycles. The molecule has 0 aliphatic heterocycles. The zero-order chi connectivity index (χ0) is 8.97. The van der Waals surface area contributed by atoms with Gasteiger partial charge in [0.2, 0.25) is 0 Å². The topological polar surface area (TPSA) is 66.9 Å². The van der Waals surface area contributed by atoms with Crippen molar-refractivity contribution < 1.29 is 0 Å². The van der Waals surface area contributed by atoms with E-state index in [1.54, 1.807) is 13.3 Å². The number of hydrogen-bond donors (Lipinski definition) is 1. The second kappa shape index (κ2) is 3.75. The van der Waals surface area contributed by atoms with E-state index in [0.29, 0.717) is 5.84 Å². The highest BCUT2D eigenvalue weighted by Gasteiger charge is 2.07. The van der Waals surface area contributed by atoms with Crippen molar-refractivity contribution >= 4 is 12.1 Å². The van der Waals surface area contributed by atoms with Crippen LogP contribution < -0.4 is 0 Å². The lowest BCUT2D eigenvalue weighted by molar-refractivity contribution is 0.854. The summed E-state index contributed by atoms with van der Waals surface area (Å²) < 4.78 is 1.42. The number of nitrogens with zero attached hydrogens (tertiary/aromatic N) is 4. The highest BCUT2D eigenvalue weighted by atomic mass is 15.3. The molecule has 1 aromatic heterocycles. The average Bonchev–Trinajstić information content (AvgIpc) is 2.55. The first-order valence-corrected chi connectivity index (χ1v) is 3.61. The van der Waals surface area contributed by atoms with Gasteiger partial charge in [0.15, 0.2) is 0 Å². The molecule has 0 bridgehead atoms. The van der Waals surface area contributed by atoms with Crippen molar-refractivity contribution in [3.05, 3.63) is 12.7 Å². The molecule has 1 aromatic rings. The second-order valence-corrected chi connectivity index (χ2v) is 2.42. The van der Waals surface area contributed by atoms with E-state index in [1.165, 1.54) is 17.3 Å². The summed E-state index contributed by atoms with van der Waals surface area (Å²) in [6, 6.07) is 0. The minimum atomic E-state index is -0.0308. The van der Waals surface area contributed by atoms with Gasteiger partial charge in [-0.25, -0.2) is 9.67 Å². The zero-order valence-electron chi connectivity index (χ0n) is 7.10. The summed E-state index contributed by atoms with van der Waals surface area (Å²) in [4.78, 5) is 7.59. The van der Waals surface area contributed by atoms with Crippen molar-refractivity contribution in [3.63, 3.8) is 0 Å². The molecule has 12 heavy (non-hydrogen) atoms. The van der Waals surface area contributed by atoms with Crippen LogP contribution in [0.15, 0.2) is 17.6 Å². The van der Waals surface area contributed by atoms with Crippen molar-refractivity contribution in [2.75, 3.05) is 7.05 Å². The third-order valence-electron chi connectivity index (χ3n) is 1.47. The molecule has 0 aromatic carbocycles. The zero-order valence-corrected chi connectivity index (χ0v) is 7.10.